The molecule has 2 fully saturated rings. The number of likely N-dealkylation sites (tertiary alicyclic amines) is 2. The Morgan fingerprint density at radius 2 is 2.17 bits per heavy atom. The number of hydrogen-bond acceptors (Lipinski definition) is 5. The van der Waals surface area contributed by atoms with Crippen molar-refractivity contribution in [3.8, 4) is 6.01 Å². The summed E-state index contributed by atoms with van der Waals surface area (Å²) in [7, 11) is 1.56. The maximum atomic E-state index is 12.8. The van der Waals surface area contributed by atoms with Gasteiger partial charge in [0, 0.05) is 50.8 Å². The number of alkyl halides is 1. The van der Waals surface area contributed by atoms with Crippen LogP contribution in [0.1, 0.15) is 25.0 Å². The van der Waals surface area contributed by atoms with Crippen LogP contribution in [-0.2, 0) is 11.3 Å². The molecule has 2 aliphatic rings. The van der Waals surface area contributed by atoms with Gasteiger partial charge < -0.3 is 9.64 Å². The molecule has 1 amide bonds. The Morgan fingerprint density at radius 1 is 1.39 bits per heavy atom. The minimum absolute atomic E-state index is 0.103. The van der Waals surface area contributed by atoms with Gasteiger partial charge in [-0.25, -0.2) is 4.98 Å². The fourth-order valence-corrected chi connectivity index (χ4v) is 3.45. The number of halogens is 1. The third-order valence-corrected chi connectivity index (χ3v) is 4.71. The van der Waals surface area contributed by atoms with Crippen molar-refractivity contribution >= 4 is 5.91 Å². The highest BCUT2D eigenvalue weighted by atomic mass is 19.1. The van der Waals surface area contributed by atoms with Crippen LogP contribution in [0, 0.1) is 5.92 Å². The van der Waals surface area contributed by atoms with Crippen molar-refractivity contribution in [1.29, 1.82) is 0 Å². The van der Waals surface area contributed by atoms with Crippen LogP contribution in [0.3, 0.4) is 0 Å². The summed E-state index contributed by atoms with van der Waals surface area (Å²) in [5.74, 6) is 0.0145. The van der Waals surface area contributed by atoms with Crippen LogP contribution in [0.4, 0.5) is 4.39 Å². The fourth-order valence-electron chi connectivity index (χ4n) is 3.45. The quantitative estimate of drug-likeness (QED) is 0.817. The molecule has 2 aliphatic heterocycles. The number of piperidine rings is 1. The second-order valence-corrected chi connectivity index (χ2v) is 6.31. The van der Waals surface area contributed by atoms with Crippen molar-refractivity contribution in [3.63, 3.8) is 0 Å². The second-order valence-electron chi connectivity index (χ2n) is 6.31. The number of aromatic nitrogens is 2. The molecule has 0 spiro atoms. The molecule has 2 saturated heterocycles. The number of nitrogens with zero attached hydrogens (tertiary/aromatic N) is 4. The summed E-state index contributed by atoms with van der Waals surface area (Å²) in [6.45, 7) is 2.79. The Morgan fingerprint density at radius 3 is 2.83 bits per heavy atom. The molecule has 7 heteroatoms. The van der Waals surface area contributed by atoms with Crippen LogP contribution in [0.25, 0.3) is 0 Å². The first-order valence-electron chi connectivity index (χ1n) is 8.13. The zero-order chi connectivity index (χ0) is 16.2. The van der Waals surface area contributed by atoms with Gasteiger partial charge in [0.25, 0.3) is 0 Å². The average Bonchev–Trinajstić information content (AvgIpc) is 2.97. The summed E-state index contributed by atoms with van der Waals surface area (Å²) in [6.07, 6.45) is 3.95. The molecule has 1 unspecified atom stereocenters. The highest BCUT2D eigenvalue weighted by Gasteiger charge is 2.35. The Bertz CT molecular complexity index is 549. The summed E-state index contributed by atoms with van der Waals surface area (Å²) in [4.78, 5) is 24.6. The van der Waals surface area contributed by atoms with Gasteiger partial charge >= 0.3 is 6.01 Å². The first kappa shape index (κ1) is 16.1. The van der Waals surface area contributed by atoms with E-state index < -0.39 is 6.67 Å². The highest BCUT2D eigenvalue weighted by molar-refractivity contribution is 5.79. The predicted octanol–water partition coefficient (Wildman–Crippen LogP) is 1.27. The van der Waals surface area contributed by atoms with Gasteiger partial charge in [0.1, 0.15) is 0 Å². The molecule has 0 N–H and O–H groups in total. The summed E-state index contributed by atoms with van der Waals surface area (Å²) in [5, 5.41) is 0. The summed E-state index contributed by atoms with van der Waals surface area (Å²) in [6, 6.07) is 2.54. The van der Waals surface area contributed by atoms with Gasteiger partial charge in [-0.3, -0.25) is 14.1 Å². The van der Waals surface area contributed by atoms with Gasteiger partial charge in [0.2, 0.25) is 5.91 Å². The molecule has 0 saturated carbocycles. The van der Waals surface area contributed by atoms with Gasteiger partial charge in [0.05, 0.1) is 19.5 Å². The Hall–Kier alpha value is -1.76. The molecule has 0 aliphatic carbocycles. The Balaban J connectivity index is 1.51. The monoisotopic (exact) mass is 322 g/mol. The van der Waals surface area contributed by atoms with Crippen molar-refractivity contribution in [2.75, 3.05) is 33.4 Å². The van der Waals surface area contributed by atoms with Crippen molar-refractivity contribution < 1.29 is 13.9 Å². The van der Waals surface area contributed by atoms with Crippen LogP contribution in [0.15, 0.2) is 12.3 Å². The molecular weight excluding hydrogens is 299 g/mol. The van der Waals surface area contributed by atoms with Gasteiger partial charge in [-0.15, -0.1) is 0 Å². The van der Waals surface area contributed by atoms with Crippen LogP contribution in [0.2, 0.25) is 0 Å². The number of ether oxygens (including phenoxy) is 1. The van der Waals surface area contributed by atoms with Crippen LogP contribution < -0.4 is 4.74 Å². The lowest BCUT2D eigenvalue weighted by molar-refractivity contribution is -0.130. The molecule has 0 bridgehead atoms. The van der Waals surface area contributed by atoms with Crippen molar-refractivity contribution in [1.82, 2.24) is 19.8 Å². The minimum atomic E-state index is -0.392. The molecule has 1 aromatic heterocycles. The third kappa shape index (κ3) is 3.77. The molecule has 1 aromatic rings. The molecule has 0 aromatic carbocycles. The van der Waals surface area contributed by atoms with Crippen LogP contribution in [-0.4, -0.2) is 65.1 Å². The van der Waals surface area contributed by atoms with E-state index in [0.29, 0.717) is 19.0 Å². The van der Waals surface area contributed by atoms with E-state index in [9.17, 15) is 9.18 Å². The molecule has 0 radical (unpaired) electrons. The van der Waals surface area contributed by atoms with E-state index in [0.717, 1.165) is 38.2 Å². The highest BCUT2D eigenvalue weighted by Crippen LogP contribution is 2.26. The number of methoxy groups -OCH3 is 1. The molecule has 23 heavy (non-hydrogen) atoms. The van der Waals surface area contributed by atoms with E-state index in [1.54, 1.807) is 13.3 Å². The normalized spacial score (nSPS) is 23.5. The maximum absolute atomic E-state index is 12.8. The third-order valence-electron chi connectivity index (χ3n) is 4.71. The lowest BCUT2D eigenvalue weighted by atomic mass is 10.0. The standard InChI is InChI=1S/C16H23FN4O2/c1-23-16-18-5-2-13(19-16)11-20-6-3-14(4-7-20)21-10-12(9-17)8-15(21)22/h2,5,12,14H,3-4,6-11H2,1H3. The number of carbonyl (C=O) groups excluding carboxylic acids is 1. The zero-order valence-electron chi connectivity index (χ0n) is 13.4. The summed E-state index contributed by atoms with van der Waals surface area (Å²) < 4.78 is 17.8. The van der Waals surface area contributed by atoms with Gasteiger partial charge in [0.15, 0.2) is 0 Å². The van der Waals surface area contributed by atoms with Gasteiger partial charge in [-0.1, -0.05) is 0 Å². The predicted molar refractivity (Wildman–Crippen MR) is 82.7 cm³/mol. The Labute approximate surface area is 135 Å². The fraction of sp³-hybridized carbons (Fsp3) is 0.688. The molecule has 126 valence electrons. The van der Waals surface area contributed by atoms with E-state index >= 15 is 0 Å². The molecule has 6 nitrogen and oxygen atoms in total. The van der Waals surface area contributed by atoms with Crippen molar-refractivity contribution in [2.45, 2.75) is 31.8 Å². The average molecular weight is 322 g/mol. The smallest absolute Gasteiger partial charge is 0.316 e. The summed E-state index contributed by atoms with van der Waals surface area (Å²) in [5.41, 5.74) is 0.935. The molecule has 3 rings (SSSR count). The van der Waals surface area contributed by atoms with Crippen LogP contribution >= 0.6 is 0 Å². The maximum Gasteiger partial charge on any atom is 0.316 e. The number of rotatable bonds is 5. The minimum Gasteiger partial charge on any atom is -0.467 e. The van der Waals surface area contributed by atoms with Gasteiger partial charge in [-0.2, -0.15) is 4.98 Å². The van der Waals surface area contributed by atoms with Crippen LogP contribution in [0.5, 0.6) is 6.01 Å². The van der Waals surface area contributed by atoms with Crippen molar-refractivity contribution in [2.24, 2.45) is 5.92 Å². The molecular formula is C16H23FN4O2. The second kappa shape index (κ2) is 7.21. The number of carbonyl (C=O) groups is 1. The van der Waals surface area contributed by atoms with Gasteiger partial charge in [-0.05, 0) is 18.9 Å². The SMILES string of the molecule is COc1nccc(CN2CCC(N3CC(CF)CC3=O)CC2)n1. The Kier molecular flexibility index (Phi) is 5.05. The first-order chi connectivity index (χ1) is 11.2. The topological polar surface area (TPSA) is 58.6 Å². The molecule has 3 heterocycles. The summed E-state index contributed by atoms with van der Waals surface area (Å²) >= 11 is 0. The van der Waals surface area contributed by atoms with E-state index in [1.165, 1.54) is 0 Å². The van der Waals surface area contributed by atoms with E-state index in [-0.39, 0.29) is 17.9 Å². The van der Waals surface area contributed by atoms with Crippen molar-refractivity contribution in [3.05, 3.63) is 18.0 Å². The zero-order valence-corrected chi connectivity index (χ0v) is 13.4. The largest absolute Gasteiger partial charge is 0.467 e. The van der Waals surface area contributed by atoms with E-state index in [2.05, 4.69) is 14.9 Å². The molecule has 1 atom stereocenters. The lowest BCUT2D eigenvalue weighted by Gasteiger charge is -2.36. The lowest BCUT2D eigenvalue weighted by Crippen LogP contribution is -2.45. The van der Waals surface area contributed by atoms with E-state index in [4.69, 9.17) is 4.74 Å². The van der Waals surface area contributed by atoms with E-state index in [1.807, 2.05) is 11.0 Å². The first-order valence-corrected chi connectivity index (χ1v) is 8.13. The number of hydrogen-bond donors (Lipinski definition) is 0. The number of amides is 1.